The molecule has 0 aliphatic carbocycles. The molecule has 0 radical (unpaired) electrons. The average Bonchev–Trinajstić information content (AvgIpc) is 2.66. The van der Waals surface area contributed by atoms with Crippen LogP contribution in [0.1, 0.15) is 5.82 Å². The molecule has 0 amide bonds. The van der Waals surface area contributed by atoms with Crippen LogP contribution in [-0.2, 0) is 13.6 Å². The molecule has 1 N–H and O–H groups in total. The molecule has 3 nitrogen and oxygen atoms in total. The second-order valence-electron chi connectivity index (χ2n) is 3.44. The number of aryl methyl sites for hydroxylation is 1. The molecule has 16 heavy (non-hydrogen) atoms. The van der Waals surface area contributed by atoms with Gasteiger partial charge in [-0.2, -0.15) is 0 Å². The third kappa shape index (κ3) is 2.41. The Hall–Kier alpha value is -1.36. The fourth-order valence-electron chi connectivity index (χ4n) is 1.35. The minimum atomic E-state index is -0.273. The Kier molecular flexibility index (Phi) is 3.24. The monoisotopic (exact) mass is 283 g/mol. The average molecular weight is 284 g/mol. The van der Waals surface area contributed by atoms with E-state index in [-0.39, 0.29) is 5.82 Å². The number of nitrogens with one attached hydrogen (secondary N) is 1. The van der Waals surface area contributed by atoms with Crippen LogP contribution in [0, 0.1) is 5.82 Å². The summed E-state index contributed by atoms with van der Waals surface area (Å²) in [6, 6.07) is 4.94. The summed E-state index contributed by atoms with van der Waals surface area (Å²) in [5.41, 5.74) is 0.740. The zero-order valence-electron chi connectivity index (χ0n) is 8.74. The second-order valence-corrected chi connectivity index (χ2v) is 4.29. The van der Waals surface area contributed by atoms with E-state index in [0.717, 1.165) is 11.5 Å². The van der Waals surface area contributed by atoms with Crippen molar-refractivity contribution >= 4 is 21.6 Å². The minimum Gasteiger partial charge on any atom is -0.378 e. The number of halogens is 2. The smallest absolute Gasteiger partial charge is 0.139 e. The van der Waals surface area contributed by atoms with E-state index in [0.29, 0.717) is 11.0 Å². The number of anilines is 1. The predicted octanol–water partition coefficient (Wildman–Crippen LogP) is 2.93. The van der Waals surface area contributed by atoms with Crippen molar-refractivity contribution in [1.82, 2.24) is 9.55 Å². The molecule has 0 unspecified atom stereocenters. The summed E-state index contributed by atoms with van der Waals surface area (Å²) >= 11 is 3.11. The van der Waals surface area contributed by atoms with Gasteiger partial charge in [0.15, 0.2) is 0 Å². The Balaban J connectivity index is 2.05. The van der Waals surface area contributed by atoms with Crippen molar-refractivity contribution in [3.63, 3.8) is 0 Å². The Morgan fingerprint density at radius 3 is 2.94 bits per heavy atom. The van der Waals surface area contributed by atoms with Gasteiger partial charge in [0, 0.05) is 25.1 Å². The predicted molar refractivity (Wildman–Crippen MR) is 64.6 cm³/mol. The number of benzene rings is 1. The van der Waals surface area contributed by atoms with Crippen LogP contribution in [0.25, 0.3) is 0 Å². The number of imidazole rings is 1. The zero-order chi connectivity index (χ0) is 11.5. The highest BCUT2D eigenvalue weighted by Crippen LogP contribution is 2.19. The summed E-state index contributed by atoms with van der Waals surface area (Å²) < 4.78 is 15.6. The van der Waals surface area contributed by atoms with Crippen molar-refractivity contribution in [1.29, 1.82) is 0 Å². The highest BCUT2D eigenvalue weighted by atomic mass is 79.9. The Labute approximate surface area is 101 Å². The molecule has 1 aromatic carbocycles. The van der Waals surface area contributed by atoms with Gasteiger partial charge in [0.25, 0.3) is 0 Å². The van der Waals surface area contributed by atoms with Gasteiger partial charge in [-0.15, -0.1) is 0 Å². The Bertz CT molecular complexity index is 496. The van der Waals surface area contributed by atoms with Gasteiger partial charge in [-0.1, -0.05) is 0 Å². The van der Waals surface area contributed by atoms with E-state index in [1.165, 1.54) is 6.07 Å². The number of aromatic nitrogens is 2. The van der Waals surface area contributed by atoms with Gasteiger partial charge in [0.05, 0.1) is 11.0 Å². The summed E-state index contributed by atoms with van der Waals surface area (Å²) in [7, 11) is 1.92. The lowest BCUT2D eigenvalue weighted by molar-refractivity contribution is 0.621. The van der Waals surface area contributed by atoms with Crippen LogP contribution in [0.2, 0.25) is 0 Å². The number of hydrogen-bond acceptors (Lipinski definition) is 2. The Morgan fingerprint density at radius 1 is 1.50 bits per heavy atom. The van der Waals surface area contributed by atoms with E-state index >= 15 is 0 Å². The molecule has 0 saturated carbocycles. The maximum absolute atomic E-state index is 13.2. The van der Waals surface area contributed by atoms with Crippen molar-refractivity contribution in [2.75, 3.05) is 5.32 Å². The van der Waals surface area contributed by atoms with Crippen LogP contribution in [0.4, 0.5) is 10.1 Å². The van der Waals surface area contributed by atoms with Crippen molar-refractivity contribution in [2.45, 2.75) is 6.54 Å². The molecule has 1 heterocycles. The van der Waals surface area contributed by atoms with Crippen LogP contribution in [0.15, 0.2) is 35.1 Å². The lowest BCUT2D eigenvalue weighted by Gasteiger charge is -2.06. The normalized spacial score (nSPS) is 10.4. The molecule has 0 aliphatic rings. The van der Waals surface area contributed by atoms with E-state index in [9.17, 15) is 4.39 Å². The van der Waals surface area contributed by atoms with Crippen LogP contribution in [0.3, 0.4) is 0 Å². The van der Waals surface area contributed by atoms with Gasteiger partial charge in [-0.3, -0.25) is 0 Å². The lowest BCUT2D eigenvalue weighted by Crippen LogP contribution is -2.05. The van der Waals surface area contributed by atoms with Crippen LogP contribution in [0.5, 0.6) is 0 Å². The first kappa shape index (κ1) is 11.1. The molecule has 1 aromatic heterocycles. The maximum atomic E-state index is 13.2. The summed E-state index contributed by atoms with van der Waals surface area (Å²) in [5, 5.41) is 3.11. The Morgan fingerprint density at radius 2 is 2.31 bits per heavy atom. The van der Waals surface area contributed by atoms with Crippen molar-refractivity contribution in [3.8, 4) is 0 Å². The van der Waals surface area contributed by atoms with Crippen molar-refractivity contribution in [3.05, 3.63) is 46.7 Å². The third-order valence-corrected chi connectivity index (χ3v) is 2.93. The van der Waals surface area contributed by atoms with E-state index in [1.54, 1.807) is 12.3 Å². The fourth-order valence-corrected chi connectivity index (χ4v) is 1.60. The summed E-state index contributed by atoms with van der Waals surface area (Å²) in [6.07, 6.45) is 3.61. The molecule has 2 aromatic rings. The zero-order valence-corrected chi connectivity index (χ0v) is 10.3. The molecule has 84 valence electrons. The molecular formula is C11H11BrFN3. The molecule has 0 spiro atoms. The van der Waals surface area contributed by atoms with Crippen molar-refractivity contribution in [2.24, 2.45) is 7.05 Å². The van der Waals surface area contributed by atoms with Gasteiger partial charge < -0.3 is 9.88 Å². The van der Waals surface area contributed by atoms with Gasteiger partial charge in [0.2, 0.25) is 0 Å². The molecule has 0 bridgehead atoms. The largest absolute Gasteiger partial charge is 0.378 e. The van der Waals surface area contributed by atoms with Gasteiger partial charge >= 0.3 is 0 Å². The molecular weight excluding hydrogens is 273 g/mol. The van der Waals surface area contributed by atoms with Gasteiger partial charge in [-0.05, 0) is 34.1 Å². The highest BCUT2D eigenvalue weighted by Gasteiger charge is 2.02. The standard InChI is InChI=1S/C11H11BrFN3/c1-16-5-4-14-11(16)7-15-8-2-3-9(12)10(13)6-8/h2-6,15H,7H2,1H3. The summed E-state index contributed by atoms with van der Waals surface area (Å²) in [5.74, 6) is 0.633. The molecule has 0 saturated heterocycles. The molecule has 0 aliphatic heterocycles. The van der Waals surface area contributed by atoms with Crippen LogP contribution in [-0.4, -0.2) is 9.55 Å². The van der Waals surface area contributed by atoms with Crippen LogP contribution >= 0.6 is 15.9 Å². The minimum absolute atomic E-state index is 0.273. The first-order valence-electron chi connectivity index (χ1n) is 4.82. The quantitative estimate of drug-likeness (QED) is 0.939. The molecule has 2 rings (SSSR count). The topological polar surface area (TPSA) is 29.9 Å². The first-order chi connectivity index (χ1) is 7.66. The number of rotatable bonds is 3. The molecule has 5 heteroatoms. The van der Waals surface area contributed by atoms with Crippen molar-refractivity contribution < 1.29 is 4.39 Å². The van der Waals surface area contributed by atoms with Gasteiger partial charge in [-0.25, -0.2) is 9.37 Å². The summed E-state index contributed by atoms with van der Waals surface area (Å²) in [4.78, 5) is 4.17. The summed E-state index contributed by atoms with van der Waals surface area (Å²) in [6.45, 7) is 0.574. The van der Waals surface area contributed by atoms with Gasteiger partial charge in [0.1, 0.15) is 11.6 Å². The highest BCUT2D eigenvalue weighted by molar-refractivity contribution is 9.10. The SMILES string of the molecule is Cn1ccnc1CNc1ccc(Br)c(F)c1. The second kappa shape index (κ2) is 4.65. The lowest BCUT2D eigenvalue weighted by atomic mass is 10.3. The van der Waals surface area contributed by atoms with E-state index < -0.39 is 0 Å². The number of hydrogen-bond donors (Lipinski definition) is 1. The number of nitrogens with zero attached hydrogens (tertiary/aromatic N) is 2. The maximum Gasteiger partial charge on any atom is 0.139 e. The third-order valence-electron chi connectivity index (χ3n) is 2.29. The molecule has 0 atom stereocenters. The van der Waals surface area contributed by atoms with Crippen LogP contribution < -0.4 is 5.32 Å². The van der Waals surface area contributed by atoms with E-state index in [2.05, 4.69) is 26.2 Å². The molecule has 0 fully saturated rings. The fraction of sp³-hybridized carbons (Fsp3) is 0.182. The van der Waals surface area contributed by atoms with E-state index in [4.69, 9.17) is 0 Å². The van der Waals surface area contributed by atoms with E-state index in [1.807, 2.05) is 23.9 Å². The first-order valence-corrected chi connectivity index (χ1v) is 5.61.